The van der Waals surface area contributed by atoms with Crippen LogP contribution < -0.4 is 10.9 Å². The summed E-state index contributed by atoms with van der Waals surface area (Å²) in [6.07, 6.45) is 7.07. The molecule has 1 N–H and O–H groups in total. The maximum absolute atomic E-state index is 13.3. The van der Waals surface area contributed by atoms with Gasteiger partial charge in [0, 0.05) is 25.3 Å². The lowest BCUT2D eigenvalue weighted by Crippen LogP contribution is -2.41. The van der Waals surface area contributed by atoms with Crippen LogP contribution in [0.5, 0.6) is 0 Å². The molecule has 158 valence electrons. The van der Waals surface area contributed by atoms with Gasteiger partial charge in [-0.15, -0.1) is 0 Å². The molecule has 2 aromatic heterocycles. The predicted molar refractivity (Wildman–Crippen MR) is 114 cm³/mol. The Morgan fingerprint density at radius 2 is 1.94 bits per heavy atom. The van der Waals surface area contributed by atoms with Gasteiger partial charge in [0.2, 0.25) is 0 Å². The zero-order chi connectivity index (χ0) is 21.4. The topological polar surface area (TPSA) is 84.5 Å². The highest BCUT2D eigenvalue weighted by Gasteiger charge is 2.31. The quantitative estimate of drug-likeness (QED) is 0.692. The largest absolute Gasteiger partial charge is 0.472 e. The normalized spacial score (nSPS) is 15.4. The van der Waals surface area contributed by atoms with Gasteiger partial charge in [-0.1, -0.05) is 30.3 Å². The molecule has 0 saturated heterocycles. The first-order valence-electron chi connectivity index (χ1n) is 10.5. The van der Waals surface area contributed by atoms with Gasteiger partial charge in [0.1, 0.15) is 11.8 Å². The van der Waals surface area contributed by atoms with E-state index in [1.807, 2.05) is 30.3 Å². The maximum Gasteiger partial charge on any atom is 0.264 e. The van der Waals surface area contributed by atoms with Crippen LogP contribution in [0.15, 0.2) is 64.3 Å². The molecule has 1 aliphatic heterocycles. The Kier molecular flexibility index (Phi) is 4.94. The summed E-state index contributed by atoms with van der Waals surface area (Å²) >= 11 is 0. The number of aromatic nitrogens is 1. The van der Waals surface area contributed by atoms with Crippen molar-refractivity contribution in [3.63, 3.8) is 0 Å². The Balaban J connectivity index is 1.53. The second-order valence-corrected chi connectivity index (χ2v) is 8.16. The van der Waals surface area contributed by atoms with E-state index in [9.17, 15) is 14.4 Å². The highest BCUT2D eigenvalue weighted by atomic mass is 16.3. The molecule has 1 aromatic carbocycles. The summed E-state index contributed by atoms with van der Waals surface area (Å²) in [6, 6.07) is 11.5. The van der Waals surface area contributed by atoms with Gasteiger partial charge in [-0.05, 0) is 42.0 Å². The number of hydrogen-bond donors (Lipinski definition) is 1. The fourth-order valence-electron chi connectivity index (χ4n) is 4.07. The molecule has 1 saturated carbocycles. The third-order valence-electron chi connectivity index (χ3n) is 5.86. The van der Waals surface area contributed by atoms with E-state index in [0.717, 1.165) is 29.5 Å². The number of benzene rings is 1. The third kappa shape index (κ3) is 3.91. The van der Waals surface area contributed by atoms with Crippen LogP contribution in [0, 0.1) is 0 Å². The van der Waals surface area contributed by atoms with Gasteiger partial charge in [0.15, 0.2) is 0 Å². The van der Waals surface area contributed by atoms with E-state index in [4.69, 9.17) is 4.42 Å². The molecular formula is C24H23N3O4. The SMILES string of the molecule is O=C(NC1CC1)c1c2c(cn(Cc3ccccc3)c1=O)CN(C(=O)c1ccoc1)CC2. The number of carbonyl (C=O) groups is 2. The van der Waals surface area contributed by atoms with Crippen LogP contribution in [-0.4, -0.2) is 33.9 Å². The Morgan fingerprint density at radius 1 is 1.13 bits per heavy atom. The van der Waals surface area contributed by atoms with Crippen molar-refractivity contribution >= 4 is 11.8 Å². The van der Waals surface area contributed by atoms with E-state index >= 15 is 0 Å². The molecule has 1 fully saturated rings. The number of nitrogens with zero attached hydrogens (tertiary/aromatic N) is 2. The van der Waals surface area contributed by atoms with Crippen molar-refractivity contribution in [3.05, 3.63) is 93.3 Å². The lowest BCUT2D eigenvalue weighted by atomic mass is 9.95. The molecule has 3 heterocycles. The molecule has 3 aromatic rings. The number of rotatable bonds is 5. The number of fused-ring (bicyclic) bond motifs is 1. The maximum atomic E-state index is 13.3. The Morgan fingerprint density at radius 3 is 2.65 bits per heavy atom. The Bertz CT molecular complexity index is 1180. The summed E-state index contributed by atoms with van der Waals surface area (Å²) in [4.78, 5) is 40.8. The second kappa shape index (κ2) is 7.91. The lowest BCUT2D eigenvalue weighted by Gasteiger charge is -2.30. The minimum absolute atomic E-state index is 0.121. The van der Waals surface area contributed by atoms with Gasteiger partial charge in [0.05, 0.1) is 18.4 Å². The minimum Gasteiger partial charge on any atom is -0.472 e. The van der Waals surface area contributed by atoms with Crippen molar-refractivity contribution in [3.8, 4) is 0 Å². The lowest BCUT2D eigenvalue weighted by molar-refractivity contribution is 0.0733. The van der Waals surface area contributed by atoms with E-state index in [1.54, 1.807) is 21.7 Å². The van der Waals surface area contributed by atoms with Crippen molar-refractivity contribution in [2.24, 2.45) is 0 Å². The molecule has 2 aliphatic rings. The summed E-state index contributed by atoms with van der Waals surface area (Å²) in [5.41, 5.74) is 2.99. The van der Waals surface area contributed by atoms with E-state index in [1.165, 1.54) is 12.5 Å². The molecule has 0 bridgehead atoms. The van der Waals surface area contributed by atoms with Gasteiger partial charge in [0.25, 0.3) is 17.4 Å². The number of furan rings is 1. The first-order chi connectivity index (χ1) is 15.1. The zero-order valence-corrected chi connectivity index (χ0v) is 17.0. The molecule has 0 radical (unpaired) electrons. The average Bonchev–Trinajstić information content (AvgIpc) is 3.42. The third-order valence-corrected chi connectivity index (χ3v) is 5.86. The zero-order valence-electron chi connectivity index (χ0n) is 17.0. The average molecular weight is 417 g/mol. The minimum atomic E-state index is -0.305. The summed E-state index contributed by atoms with van der Waals surface area (Å²) in [7, 11) is 0. The number of pyridine rings is 1. The fourth-order valence-corrected chi connectivity index (χ4v) is 4.07. The molecule has 5 rings (SSSR count). The first-order valence-corrected chi connectivity index (χ1v) is 10.5. The van der Waals surface area contributed by atoms with Crippen LogP contribution in [0.1, 0.15) is 50.2 Å². The molecule has 2 amide bonds. The second-order valence-electron chi connectivity index (χ2n) is 8.16. The predicted octanol–water partition coefficient (Wildman–Crippen LogP) is 2.58. The smallest absolute Gasteiger partial charge is 0.264 e. The van der Waals surface area contributed by atoms with Gasteiger partial charge in [-0.3, -0.25) is 14.4 Å². The Hall–Kier alpha value is -3.61. The monoisotopic (exact) mass is 417 g/mol. The number of carbonyl (C=O) groups excluding carboxylic acids is 2. The van der Waals surface area contributed by atoms with Crippen LogP contribution in [0.2, 0.25) is 0 Å². The fraction of sp³-hybridized carbons (Fsp3) is 0.292. The highest BCUT2D eigenvalue weighted by Crippen LogP contribution is 2.24. The summed E-state index contributed by atoms with van der Waals surface area (Å²) in [5, 5.41) is 2.96. The molecule has 0 spiro atoms. The molecule has 0 unspecified atom stereocenters. The van der Waals surface area contributed by atoms with Crippen LogP contribution >= 0.6 is 0 Å². The van der Waals surface area contributed by atoms with Crippen molar-refractivity contribution in [2.75, 3.05) is 6.54 Å². The molecule has 31 heavy (non-hydrogen) atoms. The number of amides is 2. The van der Waals surface area contributed by atoms with Crippen LogP contribution in [-0.2, 0) is 19.5 Å². The van der Waals surface area contributed by atoms with Crippen molar-refractivity contribution in [1.82, 2.24) is 14.8 Å². The highest BCUT2D eigenvalue weighted by molar-refractivity contribution is 5.97. The van der Waals surface area contributed by atoms with E-state index < -0.39 is 0 Å². The number of nitrogens with one attached hydrogen (secondary N) is 1. The summed E-state index contributed by atoms with van der Waals surface area (Å²) < 4.78 is 6.63. The molecule has 0 atom stereocenters. The summed E-state index contributed by atoms with van der Waals surface area (Å²) in [5.74, 6) is -0.426. The van der Waals surface area contributed by atoms with Crippen molar-refractivity contribution in [1.29, 1.82) is 0 Å². The van der Waals surface area contributed by atoms with Gasteiger partial charge >= 0.3 is 0 Å². The van der Waals surface area contributed by atoms with Gasteiger partial charge in [-0.2, -0.15) is 0 Å². The van der Waals surface area contributed by atoms with Gasteiger partial charge in [-0.25, -0.2) is 0 Å². The van der Waals surface area contributed by atoms with Crippen molar-refractivity contribution in [2.45, 2.75) is 38.4 Å². The van der Waals surface area contributed by atoms with Crippen LogP contribution in [0.25, 0.3) is 0 Å². The number of hydrogen-bond acceptors (Lipinski definition) is 4. The molecular weight excluding hydrogens is 394 g/mol. The van der Waals surface area contributed by atoms with E-state index in [2.05, 4.69) is 5.32 Å². The first kappa shape index (κ1) is 19.4. The van der Waals surface area contributed by atoms with Gasteiger partial charge < -0.3 is 19.2 Å². The van der Waals surface area contributed by atoms with Crippen LogP contribution in [0.4, 0.5) is 0 Å². The van der Waals surface area contributed by atoms with Crippen LogP contribution in [0.3, 0.4) is 0 Å². The summed E-state index contributed by atoms with van der Waals surface area (Å²) in [6.45, 7) is 1.16. The van der Waals surface area contributed by atoms with E-state index in [-0.39, 0.29) is 29.0 Å². The standard InChI is InChI=1S/C24H23N3O4/c28-22(25-19-6-7-19)21-20-8-10-26(23(29)17-9-11-31-15-17)13-18(20)14-27(24(21)30)12-16-4-2-1-3-5-16/h1-5,9,11,14-15,19H,6-8,10,12-13H2,(H,25,28). The van der Waals surface area contributed by atoms with E-state index in [0.29, 0.717) is 31.6 Å². The van der Waals surface area contributed by atoms with Crippen molar-refractivity contribution < 1.29 is 14.0 Å². The molecule has 1 aliphatic carbocycles. The molecule has 7 heteroatoms. The molecule has 7 nitrogen and oxygen atoms in total. The Labute approximate surface area is 179 Å².